The second-order valence-electron chi connectivity index (χ2n) is 5.76. The summed E-state index contributed by atoms with van der Waals surface area (Å²) >= 11 is 0. The van der Waals surface area contributed by atoms with Crippen molar-refractivity contribution in [2.24, 2.45) is 0 Å². The van der Waals surface area contributed by atoms with Crippen molar-refractivity contribution in [3.63, 3.8) is 0 Å². The smallest absolute Gasteiger partial charge is 0.358 e. The molecule has 1 aromatic rings. The van der Waals surface area contributed by atoms with Gasteiger partial charge in [0.1, 0.15) is 0 Å². The van der Waals surface area contributed by atoms with Crippen LogP contribution in [0.1, 0.15) is 41.9 Å². The molecule has 0 bridgehead atoms. The molecule has 2 fully saturated rings. The third-order valence-corrected chi connectivity index (χ3v) is 4.31. The maximum atomic E-state index is 10.8. The first-order valence-electron chi connectivity index (χ1n) is 7.37. The van der Waals surface area contributed by atoms with Gasteiger partial charge in [-0.3, -0.25) is 9.80 Å². The van der Waals surface area contributed by atoms with Crippen molar-refractivity contribution in [3.05, 3.63) is 17.5 Å². The highest BCUT2D eigenvalue weighted by Gasteiger charge is 2.29. The van der Waals surface area contributed by atoms with E-state index in [0.29, 0.717) is 18.3 Å². The number of rotatable bonds is 4. The first kappa shape index (κ1) is 13.6. The van der Waals surface area contributed by atoms with Crippen LogP contribution in [-0.2, 0) is 6.54 Å². The van der Waals surface area contributed by atoms with Crippen molar-refractivity contribution < 1.29 is 14.4 Å². The van der Waals surface area contributed by atoms with Gasteiger partial charge in [0.2, 0.25) is 0 Å². The fourth-order valence-corrected chi connectivity index (χ4v) is 3.25. The van der Waals surface area contributed by atoms with Crippen LogP contribution in [0.15, 0.2) is 10.6 Å². The van der Waals surface area contributed by atoms with Gasteiger partial charge in [-0.15, -0.1) is 0 Å². The van der Waals surface area contributed by atoms with Gasteiger partial charge in [-0.1, -0.05) is 11.6 Å². The van der Waals surface area contributed by atoms with E-state index in [1.54, 1.807) is 0 Å². The van der Waals surface area contributed by atoms with Gasteiger partial charge in [0.15, 0.2) is 11.5 Å². The summed E-state index contributed by atoms with van der Waals surface area (Å²) < 4.78 is 5.08. The maximum absolute atomic E-state index is 10.8. The third kappa shape index (κ3) is 3.02. The van der Waals surface area contributed by atoms with E-state index in [9.17, 15) is 4.79 Å². The molecule has 3 heterocycles. The lowest BCUT2D eigenvalue weighted by Gasteiger charge is -2.32. The minimum absolute atomic E-state index is 0.00761. The summed E-state index contributed by atoms with van der Waals surface area (Å²) in [5, 5.41) is 12.4. The van der Waals surface area contributed by atoms with Crippen molar-refractivity contribution in [1.82, 2.24) is 15.0 Å². The van der Waals surface area contributed by atoms with Crippen LogP contribution in [0.25, 0.3) is 0 Å². The lowest BCUT2D eigenvalue weighted by atomic mass is 10.1. The number of likely N-dealkylation sites (tertiary alicyclic amines) is 2. The largest absolute Gasteiger partial charge is 0.476 e. The average molecular weight is 279 g/mol. The summed E-state index contributed by atoms with van der Waals surface area (Å²) in [7, 11) is 0. The van der Waals surface area contributed by atoms with E-state index < -0.39 is 5.97 Å². The van der Waals surface area contributed by atoms with Crippen molar-refractivity contribution in [1.29, 1.82) is 0 Å². The third-order valence-electron chi connectivity index (χ3n) is 4.31. The maximum Gasteiger partial charge on any atom is 0.358 e. The van der Waals surface area contributed by atoms with Gasteiger partial charge in [-0.05, 0) is 32.4 Å². The van der Waals surface area contributed by atoms with Crippen LogP contribution in [0.2, 0.25) is 0 Å². The van der Waals surface area contributed by atoms with Crippen LogP contribution < -0.4 is 0 Å². The zero-order chi connectivity index (χ0) is 13.9. The number of piperidine rings is 1. The lowest BCUT2D eigenvalue weighted by Crippen LogP contribution is -2.40. The topological polar surface area (TPSA) is 69.8 Å². The number of aromatic carboxylic acids is 1. The Morgan fingerprint density at radius 3 is 2.85 bits per heavy atom. The number of hydrogen-bond donors (Lipinski definition) is 1. The quantitative estimate of drug-likeness (QED) is 0.899. The molecule has 2 saturated heterocycles. The van der Waals surface area contributed by atoms with Crippen molar-refractivity contribution >= 4 is 5.97 Å². The molecule has 0 radical (unpaired) electrons. The number of aromatic nitrogens is 1. The lowest BCUT2D eigenvalue weighted by molar-refractivity contribution is 0.0685. The highest BCUT2D eigenvalue weighted by molar-refractivity contribution is 5.85. The minimum atomic E-state index is -1.03. The van der Waals surface area contributed by atoms with Crippen LogP contribution in [0, 0.1) is 0 Å². The molecule has 2 aliphatic heterocycles. The molecule has 0 aliphatic carbocycles. The van der Waals surface area contributed by atoms with Crippen molar-refractivity contribution in [2.45, 2.75) is 38.3 Å². The number of hydrogen-bond acceptors (Lipinski definition) is 5. The van der Waals surface area contributed by atoms with Gasteiger partial charge in [0, 0.05) is 25.2 Å². The molecule has 3 rings (SSSR count). The standard InChI is InChI=1S/C14H21N3O3/c18-14(19)13-8-12(20-15-13)10-16-7-4-11(9-16)17-5-2-1-3-6-17/h8,11H,1-7,9-10H2,(H,18,19). The molecule has 20 heavy (non-hydrogen) atoms. The van der Waals surface area contributed by atoms with Crippen LogP contribution in [-0.4, -0.2) is 58.3 Å². The minimum Gasteiger partial charge on any atom is -0.476 e. The van der Waals surface area contributed by atoms with E-state index in [1.165, 1.54) is 44.8 Å². The predicted molar refractivity (Wildman–Crippen MR) is 72.6 cm³/mol. The zero-order valence-corrected chi connectivity index (χ0v) is 11.6. The normalized spacial score (nSPS) is 25.1. The second kappa shape index (κ2) is 5.93. The SMILES string of the molecule is O=C(O)c1cc(CN2CCC(N3CCCCC3)C2)on1. The summed E-state index contributed by atoms with van der Waals surface area (Å²) in [4.78, 5) is 15.7. The van der Waals surface area contributed by atoms with E-state index in [2.05, 4.69) is 15.0 Å². The molecule has 6 nitrogen and oxygen atoms in total. The molecule has 0 saturated carbocycles. The van der Waals surface area contributed by atoms with E-state index in [-0.39, 0.29) is 5.69 Å². The molecular weight excluding hydrogens is 258 g/mol. The van der Waals surface area contributed by atoms with Gasteiger partial charge < -0.3 is 9.63 Å². The van der Waals surface area contributed by atoms with Gasteiger partial charge in [-0.2, -0.15) is 0 Å². The van der Waals surface area contributed by atoms with Crippen LogP contribution >= 0.6 is 0 Å². The Hall–Kier alpha value is -1.40. The summed E-state index contributed by atoms with van der Waals surface area (Å²) in [5.41, 5.74) is -0.00761. The molecule has 0 amide bonds. The van der Waals surface area contributed by atoms with Crippen LogP contribution in [0.4, 0.5) is 0 Å². The highest BCUT2D eigenvalue weighted by Crippen LogP contribution is 2.21. The van der Waals surface area contributed by atoms with E-state index >= 15 is 0 Å². The molecule has 1 unspecified atom stereocenters. The molecule has 0 spiro atoms. The first-order chi connectivity index (χ1) is 9.72. The molecule has 6 heteroatoms. The second-order valence-corrected chi connectivity index (χ2v) is 5.76. The van der Waals surface area contributed by atoms with Gasteiger partial charge in [0.05, 0.1) is 6.54 Å². The summed E-state index contributed by atoms with van der Waals surface area (Å²) in [6, 6.07) is 2.17. The van der Waals surface area contributed by atoms with Crippen molar-refractivity contribution in [2.75, 3.05) is 26.2 Å². The summed E-state index contributed by atoms with van der Waals surface area (Å²) in [5.74, 6) is -0.394. The first-order valence-corrected chi connectivity index (χ1v) is 7.37. The van der Waals surface area contributed by atoms with Gasteiger partial charge in [-0.25, -0.2) is 4.79 Å². The summed E-state index contributed by atoms with van der Waals surface area (Å²) in [6.07, 6.45) is 5.20. The Kier molecular flexibility index (Phi) is 4.03. The summed E-state index contributed by atoms with van der Waals surface area (Å²) in [6.45, 7) is 5.20. The Balaban J connectivity index is 1.52. The molecule has 2 aliphatic rings. The molecule has 1 atom stereocenters. The molecule has 0 aromatic carbocycles. The van der Waals surface area contributed by atoms with E-state index in [1.807, 2.05) is 0 Å². The molecular formula is C14H21N3O3. The zero-order valence-electron chi connectivity index (χ0n) is 11.6. The highest BCUT2D eigenvalue weighted by atomic mass is 16.5. The average Bonchev–Trinajstić information content (AvgIpc) is 3.10. The molecule has 1 aromatic heterocycles. The van der Waals surface area contributed by atoms with E-state index in [0.717, 1.165) is 13.1 Å². The Morgan fingerprint density at radius 1 is 1.35 bits per heavy atom. The fourth-order valence-electron chi connectivity index (χ4n) is 3.25. The molecule has 1 N–H and O–H groups in total. The Labute approximate surface area is 118 Å². The number of carbonyl (C=O) groups is 1. The number of nitrogens with zero attached hydrogens (tertiary/aromatic N) is 3. The van der Waals surface area contributed by atoms with Crippen LogP contribution in [0.3, 0.4) is 0 Å². The Bertz CT molecular complexity index is 468. The monoisotopic (exact) mass is 279 g/mol. The predicted octanol–water partition coefficient (Wildman–Crippen LogP) is 1.43. The van der Waals surface area contributed by atoms with Crippen molar-refractivity contribution in [3.8, 4) is 0 Å². The van der Waals surface area contributed by atoms with E-state index in [4.69, 9.17) is 9.63 Å². The van der Waals surface area contributed by atoms with Gasteiger partial charge >= 0.3 is 5.97 Å². The molecule has 110 valence electrons. The number of carboxylic acids is 1. The van der Waals surface area contributed by atoms with Gasteiger partial charge in [0.25, 0.3) is 0 Å². The van der Waals surface area contributed by atoms with Crippen LogP contribution in [0.5, 0.6) is 0 Å². The number of carboxylic acid groups (broad SMARTS) is 1. The Morgan fingerprint density at radius 2 is 2.15 bits per heavy atom. The fraction of sp³-hybridized carbons (Fsp3) is 0.714.